The van der Waals surface area contributed by atoms with E-state index in [0.717, 1.165) is 5.82 Å². The highest BCUT2D eigenvalue weighted by atomic mass is 32.2. The average Bonchev–Trinajstić information content (AvgIpc) is 2.31. The summed E-state index contributed by atoms with van der Waals surface area (Å²) in [5, 5.41) is 7.02. The predicted octanol–water partition coefficient (Wildman–Crippen LogP) is -0.309. The highest BCUT2D eigenvalue weighted by Gasteiger charge is 2.01. The number of carbonyl (C=O) groups is 1. The zero-order valence-corrected chi connectivity index (χ0v) is 6.81. The van der Waals surface area contributed by atoms with E-state index in [0.29, 0.717) is 5.16 Å². The van der Waals surface area contributed by atoms with Gasteiger partial charge in [-0.1, -0.05) is 11.8 Å². The van der Waals surface area contributed by atoms with Gasteiger partial charge in [0, 0.05) is 0 Å². The van der Waals surface area contributed by atoms with Gasteiger partial charge in [0.05, 0.1) is 5.75 Å². The first-order valence-corrected chi connectivity index (χ1v) is 3.97. The summed E-state index contributed by atoms with van der Waals surface area (Å²) >= 11 is 1.22. The number of aromatic amines is 1. The number of carbonyl (C=O) groups excluding carboxylic acids is 1. The molecule has 1 amide bonds. The van der Waals surface area contributed by atoms with Gasteiger partial charge in [0.2, 0.25) is 11.1 Å². The topological polar surface area (TPSA) is 84.7 Å². The number of aryl methyl sites for hydroxylation is 1. The van der Waals surface area contributed by atoms with Crippen LogP contribution in [0.4, 0.5) is 0 Å². The molecule has 60 valence electrons. The normalized spacial score (nSPS) is 9.91. The van der Waals surface area contributed by atoms with E-state index in [1.165, 1.54) is 11.8 Å². The van der Waals surface area contributed by atoms with E-state index in [9.17, 15) is 4.79 Å². The van der Waals surface area contributed by atoms with Gasteiger partial charge in [-0.25, -0.2) is 4.98 Å². The highest BCUT2D eigenvalue weighted by Crippen LogP contribution is 2.10. The molecule has 11 heavy (non-hydrogen) atoms. The zero-order valence-electron chi connectivity index (χ0n) is 6.00. The van der Waals surface area contributed by atoms with E-state index in [-0.39, 0.29) is 11.7 Å². The maximum atomic E-state index is 10.3. The lowest BCUT2D eigenvalue weighted by Crippen LogP contribution is -2.13. The van der Waals surface area contributed by atoms with Gasteiger partial charge in [0.1, 0.15) is 5.82 Å². The Bertz CT molecular complexity index is 259. The second-order valence-electron chi connectivity index (χ2n) is 1.96. The third-order valence-corrected chi connectivity index (χ3v) is 1.79. The van der Waals surface area contributed by atoms with Crippen LogP contribution in [-0.2, 0) is 4.79 Å². The summed E-state index contributed by atoms with van der Waals surface area (Å²) in [6, 6.07) is 0. The number of aromatic nitrogens is 3. The third-order valence-electron chi connectivity index (χ3n) is 0.920. The van der Waals surface area contributed by atoms with Crippen LogP contribution in [-0.4, -0.2) is 26.8 Å². The quantitative estimate of drug-likeness (QED) is 0.612. The molecule has 0 aliphatic heterocycles. The molecule has 0 atom stereocenters. The van der Waals surface area contributed by atoms with Crippen LogP contribution < -0.4 is 5.73 Å². The Balaban J connectivity index is 2.45. The Morgan fingerprint density at radius 3 is 3.00 bits per heavy atom. The highest BCUT2D eigenvalue weighted by molar-refractivity contribution is 7.99. The average molecular weight is 172 g/mol. The number of H-pyrrole nitrogens is 1. The summed E-state index contributed by atoms with van der Waals surface area (Å²) in [4.78, 5) is 14.3. The molecule has 1 aromatic rings. The predicted molar refractivity (Wildman–Crippen MR) is 41.0 cm³/mol. The molecule has 0 aliphatic carbocycles. The SMILES string of the molecule is Cc1nc(SCC(N)=O)n[nH]1. The first-order valence-electron chi connectivity index (χ1n) is 2.98. The van der Waals surface area contributed by atoms with Crippen molar-refractivity contribution >= 4 is 17.7 Å². The van der Waals surface area contributed by atoms with Crippen molar-refractivity contribution in [3.63, 3.8) is 0 Å². The first-order chi connectivity index (χ1) is 5.18. The van der Waals surface area contributed by atoms with Crippen molar-refractivity contribution in [2.75, 3.05) is 5.75 Å². The van der Waals surface area contributed by atoms with E-state index in [1.54, 1.807) is 6.92 Å². The number of nitrogens with zero attached hydrogens (tertiary/aromatic N) is 2. The van der Waals surface area contributed by atoms with Gasteiger partial charge in [-0.3, -0.25) is 9.89 Å². The van der Waals surface area contributed by atoms with E-state index in [4.69, 9.17) is 5.73 Å². The third kappa shape index (κ3) is 2.58. The van der Waals surface area contributed by atoms with Crippen molar-refractivity contribution in [1.29, 1.82) is 0 Å². The number of primary amides is 1. The molecule has 5 nitrogen and oxygen atoms in total. The molecule has 0 aliphatic rings. The van der Waals surface area contributed by atoms with Crippen molar-refractivity contribution in [2.24, 2.45) is 5.73 Å². The van der Waals surface area contributed by atoms with E-state index < -0.39 is 0 Å². The van der Waals surface area contributed by atoms with Crippen molar-refractivity contribution in [1.82, 2.24) is 15.2 Å². The molecule has 1 aromatic heterocycles. The van der Waals surface area contributed by atoms with Gasteiger partial charge >= 0.3 is 0 Å². The largest absolute Gasteiger partial charge is 0.369 e. The Morgan fingerprint density at radius 1 is 1.82 bits per heavy atom. The van der Waals surface area contributed by atoms with Crippen molar-refractivity contribution < 1.29 is 4.79 Å². The molecule has 0 fully saturated rings. The number of thioether (sulfide) groups is 1. The van der Waals surface area contributed by atoms with Gasteiger partial charge < -0.3 is 5.73 Å². The lowest BCUT2D eigenvalue weighted by Gasteiger charge is -1.88. The minimum Gasteiger partial charge on any atom is -0.369 e. The molecule has 1 heterocycles. The molecule has 0 radical (unpaired) electrons. The number of rotatable bonds is 3. The van der Waals surface area contributed by atoms with Crippen molar-refractivity contribution in [2.45, 2.75) is 12.1 Å². The second-order valence-corrected chi connectivity index (χ2v) is 2.90. The minimum atomic E-state index is -0.363. The van der Waals surface area contributed by atoms with Crippen LogP contribution in [0.1, 0.15) is 5.82 Å². The molecule has 0 bridgehead atoms. The summed E-state index contributed by atoms with van der Waals surface area (Å²) in [7, 11) is 0. The number of nitrogens with one attached hydrogen (secondary N) is 1. The van der Waals surface area contributed by atoms with Gasteiger partial charge in [-0.15, -0.1) is 5.10 Å². The molecule has 6 heteroatoms. The summed E-state index contributed by atoms with van der Waals surface area (Å²) in [5.41, 5.74) is 4.92. The lowest BCUT2D eigenvalue weighted by atomic mass is 10.8. The van der Waals surface area contributed by atoms with E-state index in [1.807, 2.05) is 0 Å². The minimum absolute atomic E-state index is 0.220. The van der Waals surface area contributed by atoms with Crippen LogP contribution in [0, 0.1) is 6.92 Å². The smallest absolute Gasteiger partial charge is 0.227 e. The Morgan fingerprint density at radius 2 is 2.55 bits per heavy atom. The van der Waals surface area contributed by atoms with E-state index in [2.05, 4.69) is 15.2 Å². The summed E-state index contributed by atoms with van der Waals surface area (Å²) in [5.74, 6) is 0.589. The monoisotopic (exact) mass is 172 g/mol. The Kier molecular flexibility index (Phi) is 2.48. The molecular weight excluding hydrogens is 164 g/mol. The number of amides is 1. The fraction of sp³-hybridized carbons (Fsp3) is 0.400. The molecule has 0 unspecified atom stereocenters. The zero-order chi connectivity index (χ0) is 8.27. The summed E-state index contributed by atoms with van der Waals surface area (Å²) < 4.78 is 0. The first kappa shape index (κ1) is 8.06. The molecule has 0 saturated carbocycles. The van der Waals surface area contributed by atoms with Crippen LogP contribution in [0.15, 0.2) is 5.16 Å². The van der Waals surface area contributed by atoms with Gasteiger partial charge in [0.15, 0.2) is 0 Å². The fourth-order valence-electron chi connectivity index (χ4n) is 0.522. The number of hydrogen-bond donors (Lipinski definition) is 2. The standard InChI is InChI=1S/C5H8N4OS/c1-3-7-5(9-8-3)11-2-4(6)10/h2H2,1H3,(H2,6,10)(H,7,8,9). The van der Waals surface area contributed by atoms with E-state index >= 15 is 0 Å². The molecular formula is C5H8N4OS. The molecule has 0 spiro atoms. The molecule has 0 saturated heterocycles. The maximum Gasteiger partial charge on any atom is 0.227 e. The second kappa shape index (κ2) is 3.38. The maximum absolute atomic E-state index is 10.3. The molecule has 1 rings (SSSR count). The lowest BCUT2D eigenvalue weighted by molar-refractivity contribution is -0.115. The Hall–Kier alpha value is -1.04. The van der Waals surface area contributed by atoms with Gasteiger partial charge in [0.25, 0.3) is 0 Å². The van der Waals surface area contributed by atoms with Crippen molar-refractivity contribution in [3.8, 4) is 0 Å². The van der Waals surface area contributed by atoms with Crippen LogP contribution in [0.5, 0.6) is 0 Å². The van der Waals surface area contributed by atoms with Gasteiger partial charge in [-0.05, 0) is 6.92 Å². The van der Waals surface area contributed by atoms with Crippen molar-refractivity contribution in [3.05, 3.63) is 5.82 Å². The molecule has 0 aromatic carbocycles. The van der Waals surface area contributed by atoms with Crippen LogP contribution in [0.2, 0.25) is 0 Å². The Labute approximate surface area is 67.8 Å². The summed E-state index contributed by atoms with van der Waals surface area (Å²) in [6.45, 7) is 1.79. The van der Waals surface area contributed by atoms with Crippen LogP contribution >= 0.6 is 11.8 Å². The summed E-state index contributed by atoms with van der Waals surface area (Å²) in [6.07, 6.45) is 0. The van der Waals surface area contributed by atoms with Crippen LogP contribution in [0.3, 0.4) is 0 Å². The number of nitrogens with two attached hydrogens (primary N) is 1. The van der Waals surface area contributed by atoms with Gasteiger partial charge in [-0.2, -0.15) is 0 Å². The number of hydrogen-bond acceptors (Lipinski definition) is 4. The molecule has 3 N–H and O–H groups in total. The van der Waals surface area contributed by atoms with Crippen LogP contribution in [0.25, 0.3) is 0 Å². The fourth-order valence-corrected chi connectivity index (χ4v) is 1.11.